The molecule has 0 spiro atoms. The van der Waals surface area contributed by atoms with Crippen molar-refractivity contribution < 1.29 is 14.7 Å². The van der Waals surface area contributed by atoms with E-state index in [0.717, 1.165) is 4.88 Å². The molecule has 0 aromatic carbocycles. The predicted molar refractivity (Wildman–Crippen MR) is 53.1 cm³/mol. The van der Waals surface area contributed by atoms with Crippen LogP contribution in [0.2, 0.25) is 0 Å². The lowest BCUT2D eigenvalue weighted by atomic mass is 10.1. The van der Waals surface area contributed by atoms with Gasteiger partial charge in [-0.1, -0.05) is 6.07 Å². The molecule has 5 heteroatoms. The molecule has 1 amide bonds. The number of hydrogen-bond acceptors (Lipinski definition) is 3. The maximum Gasteiger partial charge on any atom is 0.305 e. The minimum absolute atomic E-state index is 0.0832. The van der Waals surface area contributed by atoms with Crippen LogP contribution in [0.25, 0.3) is 0 Å². The molecule has 2 N–H and O–H groups in total. The van der Waals surface area contributed by atoms with Gasteiger partial charge in [-0.05, 0) is 11.4 Å². The first-order chi connectivity index (χ1) is 6.59. The van der Waals surface area contributed by atoms with Crippen molar-refractivity contribution in [3.63, 3.8) is 0 Å². The summed E-state index contributed by atoms with van der Waals surface area (Å²) in [6, 6.07) is 3.23. The van der Waals surface area contributed by atoms with E-state index in [-0.39, 0.29) is 12.3 Å². The van der Waals surface area contributed by atoms with Crippen molar-refractivity contribution in [2.75, 3.05) is 0 Å². The minimum Gasteiger partial charge on any atom is -0.481 e. The van der Waals surface area contributed by atoms with Gasteiger partial charge in [0, 0.05) is 11.8 Å². The number of carbonyl (C=O) groups excluding carboxylic acids is 1. The van der Waals surface area contributed by atoms with E-state index < -0.39 is 12.0 Å². The van der Waals surface area contributed by atoms with Crippen LogP contribution in [-0.4, -0.2) is 17.0 Å². The molecule has 1 aromatic heterocycles. The van der Waals surface area contributed by atoms with Crippen LogP contribution in [0.3, 0.4) is 0 Å². The Kier molecular flexibility index (Phi) is 3.64. The van der Waals surface area contributed by atoms with Crippen LogP contribution >= 0.6 is 11.3 Å². The summed E-state index contributed by atoms with van der Waals surface area (Å²) in [6.07, 6.45) is -0.0832. The van der Waals surface area contributed by atoms with E-state index in [1.807, 2.05) is 17.5 Å². The average molecular weight is 213 g/mol. The molecule has 14 heavy (non-hydrogen) atoms. The molecule has 0 aliphatic heterocycles. The Labute approximate surface area is 85.6 Å². The molecular formula is C9H11NO3S. The van der Waals surface area contributed by atoms with Gasteiger partial charge in [0.25, 0.3) is 0 Å². The number of amides is 1. The highest BCUT2D eigenvalue weighted by Gasteiger charge is 2.16. The fourth-order valence-corrected chi connectivity index (χ4v) is 1.91. The quantitative estimate of drug-likeness (QED) is 0.794. The standard InChI is InChI=1S/C9H11NO3S/c1-6(11)10-7(5-9(12)13)8-3-2-4-14-8/h2-4,7H,5H2,1H3,(H,10,11)(H,12,13)/t7-/m0/s1. The van der Waals surface area contributed by atoms with Crippen molar-refractivity contribution in [3.05, 3.63) is 22.4 Å². The summed E-state index contributed by atoms with van der Waals surface area (Å²) >= 11 is 1.44. The van der Waals surface area contributed by atoms with Crippen molar-refractivity contribution in [1.29, 1.82) is 0 Å². The number of rotatable bonds is 4. The summed E-state index contributed by atoms with van der Waals surface area (Å²) in [5, 5.41) is 13.1. The number of thiophene rings is 1. The Hall–Kier alpha value is -1.36. The van der Waals surface area contributed by atoms with Crippen molar-refractivity contribution in [2.24, 2.45) is 0 Å². The third kappa shape index (κ3) is 3.18. The largest absolute Gasteiger partial charge is 0.481 e. The van der Waals surface area contributed by atoms with Gasteiger partial charge >= 0.3 is 5.97 Å². The van der Waals surface area contributed by atoms with E-state index in [9.17, 15) is 9.59 Å². The van der Waals surface area contributed by atoms with E-state index in [1.54, 1.807) is 0 Å². The summed E-state index contributed by atoms with van der Waals surface area (Å²) < 4.78 is 0. The van der Waals surface area contributed by atoms with E-state index in [2.05, 4.69) is 5.32 Å². The highest BCUT2D eigenvalue weighted by atomic mass is 32.1. The smallest absolute Gasteiger partial charge is 0.305 e. The highest BCUT2D eigenvalue weighted by molar-refractivity contribution is 7.10. The van der Waals surface area contributed by atoms with Crippen molar-refractivity contribution in [2.45, 2.75) is 19.4 Å². The summed E-state index contributed by atoms with van der Waals surface area (Å²) in [5.74, 6) is -1.14. The second kappa shape index (κ2) is 4.76. The molecule has 1 heterocycles. The van der Waals surface area contributed by atoms with E-state index in [4.69, 9.17) is 5.11 Å². The lowest BCUT2D eigenvalue weighted by Crippen LogP contribution is -2.27. The average Bonchev–Trinajstić information content (AvgIpc) is 2.52. The number of nitrogens with one attached hydrogen (secondary N) is 1. The number of carboxylic acids is 1. The first-order valence-electron chi connectivity index (χ1n) is 4.12. The molecule has 0 radical (unpaired) electrons. The van der Waals surface area contributed by atoms with Gasteiger partial charge in [0.2, 0.25) is 5.91 Å². The first kappa shape index (κ1) is 10.7. The molecule has 76 valence electrons. The second-order valence-electron chi connectivity index (χ2n) is 2.87. The lowest BCUT2D eigenvalue weighted by Gasteiger charge is -2.13. The van der Waals surface area contributed by atoms with E-state index in [1.165, 1.54) is 18.3 Å². The van der Waals surface area contributed by atoms with Crippen LogP contribution in [0.1, 0.15) is 24.3 Å². The zero-order chi connectivity index (χ0) is 10.6. The molecule has 0 saturated heterocycles. The Balaban J connectivity index is 2.71. The zero-order valence-electron chi connectivity index (χ0n) is 7.69. The minimum atomic E-state index is -0.919. The van der Waals surface area contributed by atoms with Crippen LogP contribution in [0.4, 0.5) is 0 Å². The molecule has 4 nitrogen and oxygen atoms in total. The van der Waals surface area contributed by atoms with Crippen LogP contribution in [0, 0.1) is 0 Å². The third-order valence-electron chi connectivity index (χ3n) is 1.64. The Morgan fingerprint density at radius 1 is 1.64 bits per heavy atom. The molecule has 0 aliphatic carbocycles. The van der Waals surface area contributed by atoms with Gasteiger partial charge in [-0.25, -0.2) is 0 Å². The summed E-state index contributed by atoms with van der Waals surface area (Å²) in [6.45, 7) is 1.38. The van der Waals surface area contributed by atoms with Crippen LogP contribution in [0.15, 0.2) is 17.5 Å². The van der Waals surface area contributed by atoms with E-state index in [0.29, 0.717) is 0 Å². The van der Waals surface area contributed by atoms with Gasteiger partial charge in [0.05, 0.1) is 12.5 Å². The number of aliphatic carboxylic acids is 1. The zero-order valence-corrected chi connectivity index (χ0v) is 8.50. The topological polar surface area (TPSA) is 66.4 Å². The Bertz CT molecular complexity index is 305. The van der Waals surface area contributed by atoms with E-state index >= 15 is 0 Å². The molecule has 0 unspecified atom stereocenters. The second-order valence-corrected chi connectivity index (χ2v) is 3.85. The normalized spacial score (nSPS) is 12.1. The molecule has 0 saturated carbocycles. The summed E-state index contributed by atoms with van der Waals surface area (Å²) in [7, 11) is 0. The summed E-state index contributed by atoms with van der Waals surface area (Å²) in [4.78, 5) is 22.2. The monoisotopic (exact) mass is 213 g/mol. The van der Waals surface area contributed by atoms with Gasteiger partial charge in [0.1, 0.15) is 0 Å². The van der Waals surface area contributed by atoms with Gasteiger partial charge in [-0.15, -0.1) is 11.3 Å². The SMILES string of the molecule is CC(=O)N[C@@H](CC(=O)O)c1cccs1. The highest BCUT2D eigenvalue weighted by Crippen LogP contribution is 2.21. The van der Waals surface area contributed by atoms with Gasteiger partial charge < -0.3 is 10.4 Å². The maximum atomic E-state index is 10.8. The molecular weight excluding hydrogens is 202 g/mol. The number of carboxylic acid groups (broad SMARTS) is 1. The molecule has 0 aliphatic rings. The van der Waals surface area contributed by atoms with Crippen molar-refractivity contribution >= 4 is 23.2 Å². The molecule has 1 rings (SSSR count). The lowest BCUT2D eigenvalue weighted by molar-refractivity contribution is -0.137. The fourth-order valence-electron chi connectivity index (χ4n) is 1.13. The van der Waals surface area contributed by atoms with Gasteiger partial charge in [-0.2, -0.15) is 0 Å². The van der Waals surface area contributed by atoms with Crippen LogP contribution in [-0.2, 0) is 9.59 Å². The number of hydrogen-bond donors (Lipinski definition) is 2. The molecule has 1 aromatic rings. The summed E-state index contributed by atoms with van der Waals surface area (Å²) in [5.41, 5.74) is 0. The first-order valence-corrected chi connectivity index (χ1v) is 5.00. The molecule has 0 bridgehead atoms. The Morgan fingerprint density at radius 2 is 2.36 bits per heavy atom. The molecule has 1 atom stereocenters. The van der Waals surface area contributed by atoms with Crippen LogP contribution < -0.4 is 5.32 Å². The van der Waals surface area contributed by atoms with Gasteiger partial charge in [-0.3, -0.25) is 9.59 Å². The maximum absolute atomic E-state index is 10.8. The Morgan fingerprint density at radius 3 is 2.79 bits per heavy atom. The van der Waals surface area contributed by atoms with Crippen molar-refractivity contribution in [1.82, 2.24) is 5.32 Å². The third-order valence-corrected chi connectivity index (χ3v) is 2.63. The van der Waals surface area contributed by atoms with Crippen molar-refractivity contribution in [3.8, 4) is 0 Å². The van der Waals surface area contributed by atoms with Gasteiger partial charge in [0.15, 0.2) is 0 Å². The molecule has 0 fully saturated rings. The van der Waals surface area contributed by atoms with Crippen LogP contribution in [0.5, 0.6) is 0 Å². The predicted octanol–water partition coefficient (Wildman–Crippen LogP) is 1.40. The fraction of sp³-hybridized carbons (Fsp3) is 0.333. The number of carbonyl (C=O) groups is 2.